The molecule has 0 amide bonds. The van der Waals surface area contributed by atoms with Gasteiger partial charge < -0.3 is 10.4 Å². The summed E-state index contributed by atoms with van der Waals surface area (Å²) in [4.78, 5) is 0. The third-order valence-electron chi connectivity index (χ3n) is 2.30. The number of nitrogens with one attached hydrogen (secondary N) is 1. The van der Waals surface area contributed by atoms with Crippen LogP contribution >= 0.6 is 0 Å². The summed E-state index contributed by atoms with van der Waals surface area (Å²) in [5.41, 5.74) is 0.435. The normalized spacial score (nSPS) is 21.2. The summed E-state index contributed by atoms with van der Waals surface area (Å²) in [6.45, 7) is 0.850. The van der Waals surface area contributed by atoms with Gasteiger partial charge >= 0.3 is 0 Å². The first-order valence-corrected chi connectivity index (χ1v) is 4.10. The molecule has 2 nitrogen and oxygen atoms in total. The molecule has 1 atom stereocenters. The molecule has 1 heterocycles. The minimum Gasteiger partial charge on any atom is -0.505 e. The highest BCUT2D eigenvalue weighted by atomic mass is 19.2. The van der Waals surface area contributed by atoms with Crippen LogP contribution in [0.4, 0.5) is 8.78 Å². The van der Waals surface area contributed by atoms with Crippen molar-refractivity contribution in [2.24, 2.45) is 0 Å². The molecular weight excluding hydrogens is 176 g/mol. The molecule has 70 valence electrons. The summed E-state index contributed by atoms with van der Waals surface area (Å²) in [5.74, 6) is -2.75. The molecule has 13 heavy (non-hydrogen) atoms. The summed E-state index contributed by atoms with van der Waals surface area (Å²) in [5, 5.41) is 12.3. The van der Waals surface area contributed by atoms with Crippen molar-refractivity contribution in [2.75, 3.05) is 6.54 Å². The molecule has 0 radical (unpaired) electrons. The van der Waals surface area contributed by atoms with Crippen molar-refractivity contribution >= 4 is 0 Å². The summed E-state index contributed by atoms with van der Waals surface area (Å²) in [6, 6.07) is 2.41. The fourth-order valence-electron chi connectivity index (χ4n) is 1.39. The summed E-state index contributed by atoms with van der Waals surface area (Å²) < 4.78 is 25.4. The van der Waals surface area contributed by atoms with Crippen LogP contribution in [-0.4, -0.2) is 11.7 Å². The van der Waals surface area contributed by atoms with Crippen molar-refractivity contribution in [1.82, 2.24) is 5.32 Å². The number of phenols is 1. The first kappa shape index (κ1) is 8.44. The Kier molecular flexibility index (Phi) is 1.92. The van der Waals surface area contributed by atoms with E-state index in [0.29, 0.717) is 5.56 Å². The standard InChI is InChI=1S/C9H9F2NO/c10-6-2-1-5(7-3-4-12-7)9(13)8(6)11/h1-2,7,12-13H,3-4H2/t7-/m0/s1. The van der Waals surface area contributed by atoms with E-state index in [2.05, 4.69) is 5.32 Å². The molecule has 0 bridgehead atoms. The maximum Gasteiger partial charge on any atom is 0.200 e. The molecule has 1 saturated heterocycles. The zero-order chi connectivity index (χ0) is 9.42. The smallest absolute Gasteiger partial charge is 0.200 e. The van der Waals surface area contributed by atoms with E-state index in [4.69, 9.17) is 0 Å². The number of halogens is 2. The first-order valence-electron chi connectivity index (χ1n) is 4.10. The molecule has 0 aliphatic carbocycles. The third-order valence-corrected chi connectivity index (χ3v) is 2.30. The van der Waals surface area contributed by atoms with Crippen molar-refractivity contribution in [3.8, 4) is 5.75 Å². The topological polar surface area (TPSA) is 32.3 Å². The Morgan fingerprint density at radius 3 is 2.62 bits per heavy atom. The number of benzene rings is 1. The van der Waals surface area contributed by atoms with Gasteiger partial charge in [-0.2, -0.15) is 4.39 Å². The molecular formula is C9H9F2NO. The second kappa shape index (κ2) is 2.96. The van der Waals surface area contributed by atoms with Gasteiger partial charge in [-0.1, -0.05) is 6.07 Å². The van der Waals surface area contributed by atoms with Crippen molar-refractivity contribution < 1.29 is 13.9 Å². The van der Waals surface area contributed by atoms with Gasteiger partial charge in [-0.05, 0) is 19.0 Å². The van der Waals surface area contributed by atoms with Gasteiger partial charge in [0.15, 0.2) is 11.6 Å². The highest BCUT2D eigenvalue weighted by Crippen LogP contribution is 2.32. The fraction of sp³-hybridized carbons (Fsp3) is 0.333. The van der Waals surface area contributed by atoms with Gasteiger partial charge in [0.2, 0.25) is 5.82 Å². The van der Waals surface area contributed by atoms with E-state index in [-0.39, 0.29) is 6.04 Å². The Bertz CT molecular complexity index is 337. The van der Waals surface area contributed by atoms with Crippen molar-refractivity contribution in [2.45, 2.75) is 12.5 Å². The Morgan fingerprint density at radius 1 is 1.38 bits per heavy atom. The molecule has 2 rings (SSSR count). The van der Waals surface area contributed by atoms with Gasteiger partial charge in [-0.25, -0.2) is 4.39 Å². The highest BCUT2D eigenvalue weighted by molar-refractivity contribution is 5.37. The summed E-state index contributed by atoms with van der Waals surface area (Å²) in [7, 11) is 0. The molecule has 1 aromatic carbocycles. The van der Waals surface area contributed by atoms with Gasteiger partial charge in [-0.15, -0.1) is 0 Å². The van der Waals surface area contributed by atoms with E-state index in [0.717, 1.165) is 19.0 Å². The van der Waals surface area contributed by atoms with Crippen molar-refractivity contribution in [3.63, 3.8) is 0 Å². The minimum absolute atomic E-state index is 0.0323. The summed E-state index contributed by atoms with van der Waals surface area (Å²) in [6.07, 6.45) is 0.846. The average Bonchev–Trinajstić information content (AvgIpc) is 2.03. The van der Waals surface area contributed by atoms with Crippen LogP contribution in [0.3, 0.4) is 0 Å². The molecule has 4 heteroatoms. The molecule has 1 fully saturated rings. The number of aromatic hydroxyl groups is 1. The van der Waals surface area contributed by atoms with Crippen molar-refractivity contribution in [3.05, 3.63) is 29.3 Å². The fourth-order valence-corrected chi connectivity index (χ4v) is 1.39. The van der Waals surface area contributed by atoms with E-state index >= 15 is 0 Å². The molecule has 1 aromatic rings. The van der Waals surface area contributed by atoms with Crippen molar-refractivity contribution in [1.29, 1.82) is 0 Å². The van der Waals surface area contributed by atoms with Crippen LogP contribution in [-0.2, 0) is 0 Å². The maximum atomic E-state index is 12.9. The van der Waals surface area contributed by atoms with Gasteiger partial charge in [0.25, 0.3) is 0 Å². The third kappa shape index (κ3) is 1.27. The zero-order valence-electron chi connectivity index (χ0n) is 6.85. The molecule has 0 aromatic heterocycles. The van der Waals surface area contributed by atoms with Crippen LogP contribution in [0.2, 0.25) is 0 Å². The molecule has 0 saturated carbocycles. The Balaban J connectivity index is 2.41. The number of hydrogen-bond acceptors (Lipinski definition) is 2. The lowest BCUT2D eigenvalue weighted by Crippen LogP contribution is -2.35. The minimum atomic E-state index is -1.16. The Labute approximate surface area is 74.2 Å². The predicted molar refractivity (Wildman–Crippen MR) is 43.4 cm³/mol. The summed E-state index contributed by atoms with van der Waals surface area (Å²) >= 11 is 0. The lowest BCUT2D eigenvalue weighted by molar-refractivity contribution is 0.348. The van der Waals surface area contributed by atoms with Crippen LogP contribution in [0.5, 0.6) is 5.75 Å². The van der Waals surface area contributed by atoms with Crippen LogP contribution in [0.15, 0.2) is 12.1 Å². The monoisotopic (exact) mass is 185 g/mol. The second-order valence-electron chi connectivity index (χ2n) is 3.09. The van der Waals surface area contributed by atoms with Gasteiger partial charge in [-0.3, -0.25) is 0 Å². The lowest BCUT2D eigenvalue weighted by atomic mass is 9.97. The number of phenolic OH excluding ortho intramolecular Hbond substituents is 1. The molecule has 2 N–H and O–H groups in total. The lowest BCUT2D eigenvalue weighted by Gasteiger charge is -2.28. The van der Waals surface area contributed by atoms with Crippen LogP contribution in [0.1, 0.15) is 18.0 Å². The van der Waals surface area contributed by atoms with Gasteiger partial charge in [0.1, 0.15) is 0 Å². The van der Waals surface area contributed by atoms with Gasteiger partial charge in [0, 0.05) is 11.6 Å². The SMILES string of the molecule is Oc1c([C@@H]2CCN2)ccc(F)c1F. The molecule has 1 aliphatic heterocycles. The maximum absolute atomic E-state index is 12.9. The first-order chi connectivity index (χ1) is 6.20. The zero-order valence-corrected chi connectivity index (χ0v) is 6.85. The number of hydrogen-bond donors (Lipinski definition) is 2. The van der Waals surface area contributed by atoms with E-state index in [1.54, 1.807) is 0 Å². The average molecular weight is 185 g/mol. The predicted octanol–water partition coefficient (Wildman–Crippen LogP) is 1.70. The van der Waals surface area contributed by atoms with Crippen LogP contribution < -0.4 is 5.32 Å². The molecule has 1 aliphatic rings. The van der Waals surface area contributed by atoms with E-state index in [1.807, 2.05) is 0 Å². The largest absolute Gasteiger partial charge is 0.505 e. The molecule has 0 unspecified atom stereocenters. The quantitative estimate of drug-likeness (QED) is 0.698. The van der Waals surface area contributed by atoms with E-state index in [9.17, 15) is 13.9 Å². The van der Waals surface area contributed by atoms with E-state index in [1.165, 1.54) is 6.07 Å². The molecule has 0 spiro atoms. The Hall–Kier alpha value is -1.16. The Morgan fingerprint density at radius 2 is 2.08 bits per heavy atom. The number of rotatable bonds is 1. The highest BCUT2D eigenvalue weighted by Gasteiger charge is 2.24. The second-order valence-corrected chi connectivity index (χ2v) is 3.09. The van der Waals surface area contributed by atoms with Crippen LogP contribution in [0, 0.1) is 11.6 Å². The van der Waals surface area contributed by atoms with Gasteiger partial charge in [0.05, 0.1) is 0 Å². The van der Waals surface area contributed by atoms with Crippen LogP contribution in [0.25, 0.3) is 0 Å². The van der Waals surface area contributed by atoms with E-state index < -0.39 is 17.4 Å².